The van der Waals surface area contributed by atoms with Crippen molar-refractivity contribution in [1.29, 1.82) is 0 Å². The van der Waals surface area contributed by atoms with E-state index in [2.05, 4.69) is 0 Å². The highest BCUT2D eigenvalue weighted by molar-refractivity contribution is 5.27. The first-order valence-corrected chi connectivity index (χ1v) is 6.28. The first-order chi connectivity index (χ1) is 9.20. The number of ether oxygens (including phenoxy) is 1. The smallest absolute Gasteiger partial charge is 0.253 e. The minimum Gasteiger partial charge on any atom is -0.492 e. The van der Waals surface area contributed by atoms with Gasteiger partial charge in [-0.25, -0.2) is 0 Å². The second kappa shape index (κ2) is 6.20. The molecule has 2 N–H and O–H groups in total. The fourth-order valence-electron chi connectivity index (χ4n) is 1.82. The van der Waals surface area contributed by atoms with Crippen molar-refractivity contribution in [2.45, 2.75) is 20.0 Å². The highest BCUT2D eigenvalue weighted by Crippen LogP contribution is 2.11. The molecule has 0 radical (unpaired) electrons. The van der Waals surface area contributed by atoms with E-state index in [0.717, 1.165) is 16.9 Å². The summed E-state index contributed by atoms with van der Waals surface area (Å²) in [5.41, 5.74) is 7.38. The van der Waals surface area contributed by atoms with Crippen LogP contribution in [0.25, 0.3) is 0 Å². The molecular formula is C15H18N2O2. The predicted octanol–water partition coefficient (Wildman–Crippen LogP) is 1.69. The highest BCUT2D eigenvalue weighted by atomic mass is 16.5. The first-order valence-electron chi connectivity index (χ1n) is 6.28. The van der Waals surface area contributed by atoms with Gasteiger partial charge in [0.2, 0.25) is 0 Å². The number of aryl methyl sites for hydroxylation is 1. The summed E-state index contributed by atoms with van der Waals surface area (Å²) >= 11 is 0. The van der Waals surface area contributed by atoms with Crippen LogP contribution in [-0.2, 0) is 13.1 Å². The van der Waals surface area contributed by atoms with Gasteiger partial charge in [0, 0.05) is 18.3 Å². The second-order valence-corrected chi connectivity index (χ2v) is 4.39. The monoisotopic (exact) mass is 258 g/mol. The molecule has 0 bridgehead atoms. The van der Waals surface area contributed by atoms with Crippen LogP contribution in [0, 0.1) is 6.92 Å². The molecule has 0 atom stereocenters. The van der Waals surface area contributed by atoms with Crippen molar-refractivity contribution in [3.63, 3.8) is 0 Å². The van der Waals surface area contributed by atoms with Crippen LogP contribution in [0.1, 0.15) is 11.1 Å². The molecule has 0 saturated carbocycles. The maximum Gasteiger partial charge on any atom is 0.253 e. The van der Waals surface area contributed by atoms with Crippen LogP contribution in [0.4, 0.5) is 0 Å². The van der Waals surface area contributed by atoms with Gasteiger partial charge in [-0.1, -0.05) is 18.2 Å². The van der Waals surface area contributed by atoms with Crippen LogP contribution in [0.3, 0.4) is 0 Å². The summed E-state index contributed by atoms with van der Waals surface area (Å²) in [6.45, 7) is 3.34. The Morgan fingerprint density at radius 3 is 2.63 bits per heavy atom. The summed E-state index contributed by atoms with van der Waals surface area (Å²) in [4.78, 5) is 11.8. The van der Waals surface area contributed by atoms with Gasteiger partial charge in [-0.3, -0.25) is 4.79 Å². The van der Waals surface area contributed by atoms with Crippen LogP contribution < -0.4 is 16.0 Å². The number of hydrogen-bond acceptors (Lipinski definition) is 3. The van der Waals surface area contributed by atoms with E-state index in [9.17, 15) is 4.79 Å². The molecule has 1 heterocycles. The number of aromatic nitrogens is 1. The minimum atomic E-state index is 0.0320. The summed E-state index contributed by atoms with van der Waals surface area (Å²) < 4.78 is 7.26. The molecule has 0 spiro atoms. The Labute approximate surface area is 112 Å². The fourth-order valence-corrected chi connectivity index (χ4v) is 1.82. The third kappa shape index (κ3) is 3.45. The van der Waals surface area contributed by atoms with Crippen LogP contribution in [0.5, 0.6) is 5.75 Å². The molecule has 1 aromatic carbocycles. The summed E-state index contributed by atoms with van der Waals surface area (Å²) in [5, 5.41) is 0. The topological polar surface area (TPSA) is 57.2 Å². The lowest BCUT2D eigenvalue weighted by Crippen LogP contribution is -2.23. The number of benzene rings is 1. The van der Waals surface area contributed by atoms with Gasteiger partial charge in [0.15, 0.2) is 0 Å². The zero-order valence-corrected chi connectivity index (χ0v) is 11.0. The van der Waals surface area contributed by atoms with E-state index < -0.39 is 0 Å². The third-order valence-electron chi connectivity index (χ3n) is 2.97. The number of nitrogens with two attached hydrogens (primary N) is 1. The van der Waals surface area contributed by atoms with E-state index in [1.165, 1.54) is 0 Å². The van der Waals surface area contributed by atoms with Gasteiger partial charge in [-0.05, 0) is 30.7 Å². The van der Waals surface area contributed by atoms with E-state index in [1.54, 1.807) is 10.8 Å². The van der Waals surface area contributed by atoms with Gasteiger partial charge in [0.05, 0.1) is 6.54 Å². The lowest BCUT2D eigenvalue weighted by Gasteiger charge is -2.09. The Bertz CT molecular complexity index is 588. The molecule has 2 aromatic rings. The molecule has 0 fully saturated rings. The predicted molar refractivity (Wildman–Crippen MR) is 75.3 cm³/mol. The fraction of sp³-hybridized carbons (Fsp3) is 0.267. The lowest BCUT2D eigenvalue weighted by molar-refractivity contribution is 0.296. The van der Waals surface area contributed by atoms with Crippen molar-refractivity contribution in [2.24, 2.45) is 5.73 Å². The van der Waals surface area contributed by atoms with Crippen LogP contribution in [0.2, 0.25) is 0 Å². The van der Waals surface area contributed by atoms with Gasteiger partial charge in [0.1, 0.15) is 12.4 Å². The van der Waals surface area contributed by atoms with Crippen molar-refractivity contribution in [3.05, 3.63) is 64.1 Å². The molecule has 0 aliphatic heterocycles. The molecule has 4 heteroatoms. The summed E-state index contributed by atoms with van der Waals surface area (Å²) in [5.74, 6) is 0.790. The number of pyridine rings is 1. The van der Waals surface area contributed by atoms with Crippen molar-refractivity contribution in [3.8, 4) is 5.75 Å². The van der Waals surface area contributed by atoms with E-state index >= 15 is 0 Å². The van der Waals surface area contributed by atoms with Crippen molar-refractivity contribution in [2.75, 3.05) is 6.61 Å². The Morgan fingerprint density at radius 2 is 1.95 bits per heavy atom. The van der Waals surface area contributed by atoms with Crippen molar-refractivity contribution in [1.82, 2.24) is 4.57 Å². The average Bonchev–Trinajstić information content (AvgIpc) is 2.44. The Morgan fingerprint density at radius 1 is 1.21 bits per heavy atom. The molecule has 100 valence electrons. The largest absolute Gasteiger partial charge is 0.492 e. The number of nitrogens with zero attached hydrogens (tertiary/aromatic N) is 1. The maximum absolute atomic E-state index is 11.8. The van der Waals surface area contributed by atoms with Crippen LogP contribution in [0.15, 0.2) is 47.4 Å². The number of hydrogen-bond donors (Lipinski definition) is 1. The first kappa shape index (κ1) is 13.4. The third-order valence-corrected chi connectivity index (χ3v) is 2.97. The summed E-state index contributed by atoms with van der Waals surface area (Å²) in [7, 11) is 0. The molecule has 0 aliphatic carbocycles. The molecule has 0 amide bonds. The van der Waals surface area contributed by atoms with Gasteiger partial charge >= 0.3 is 0 Å². The van der Waals surface area contributed by atoms with Gasteiger partial charge in [-0.15, -0.1) is 0 Å². The van der Waals surface area contributed by atoms with E-state index in [4.69, 9.17) is 10.5 Å². The maximum atomic E-state index is 11.8. The zero-order chi connectivity index (χ0) is 13.7. The Kier molecular flexibility index (Phi) is 4.36. The van der Waals surface area contributed by atoms with Crippen molar-refractivity contribution < 1.29 is 4.74 Å². The van der Waals surface area contributed by atoms with E-state index in [1.807, 2.05) is 43.3 Å². The van der Waals surface area contributed by atoms with Crippen LogP contribution >= 0.6 is 0 Å². The zero-order valence-electron chi connectivity index (χ0n) is 11.0. The molecule has 0 unspecified atom stereocenters. The minimum absolute atomic E-state index is 0.0320. The quantitative estimate of drug-likeness (QED) is 0.888. The normalized spacial score (nSPS) is 10.4. The Hall–Kier alpha value is -2.07. The molecule has 19 heavy (non-hydrogen) atoms. The average molecular weight is 258 g/mol. The second-order valence-electron chi connectivity index (χ2n) is 4.39. The molecule has 2 rings (SSSR count). The number of rotatable bonds is 5. The standard InChI is InChI=1S/C15H18N2O2/c1-12-3-2-8-17(15(12)18)9-10-19-14-6-4-13(11-16)5-7-14/h2-8H,9-11,16H2,1H3. The molecule has 0 aliphatic rings. The van der Waals surface area contributed by atoms with Gasteiger partial charge in [-0.2, -0.15) is 0 Å². The van der Waals surface area contributed by atoms with Gasteiger partial charge < -0.3 is 15.0 Å². The lowest BCUT2D eigenvalue weighted by atomic mass is 10.2. The molecule has 1 aromatic heterocycles. The molecule has 0 saturated heterocycles. The Balaban J connectivity index is 1.92. The van der Waals surface area contributed by atoms with E-state index in [-0.39, 0.29) is 5.56 Å². The van der Waals surface area contributed by atoms with Gasteiger partial charge in [0.25, 0.3) is 5.56 Å². The summed E-state index contributed by atoms with van der Waals surface area (Å²) in [6.07, 6.45) is 1.77. The van der Waals surface area contributed by atoms with E-state index in [0.29, 0.717) is 19.7 Å². The molecular weight excluding hydrogens is 240 g/mol. The highest BCUT2D eigenvalue weighted by Gasteiger charge is 1.99. The van der Waals surface area contributed by atoms with Crippen molar-refractivity contribution >= 4 is 0 Å². The van der Waals surface area contributed by atoms with Crippen LogP contribution in [-0.4, -0.2) is 11.2 Å². The molecule has 4 nitrogen and oxygen atoms in total. The summed E-state index contributed by atoms with van der Waals surface area (Å²) in [6, 6.07) is 11.3. The SMILES string of the molecule is Cc1cccn(CCOc2ccc(CN)cc2)c1=O.